The zero-order chi connectivity index (χ0) is 13.2. The van der Waals surface area contributed by atoms with Gasteiger partial charge in [-0.25, -0.2) is 13.8 Å². The van der Waals surface area contributed by atoms with Crippen LogP contribution in [0.2, 0.25) is 0 Å². The van der Waals surface area contributed by atoms with E-state index in [0.29, 0.717) is 12.0 Å². The number of anilines is 2. The van der Waals surface area contributed by atoms with Gasteiger partial charge in [0.2, 0.25) is 5.95 Å². The Labute approximate surface area is 110 Å². The maximum absolute atomic E-state index is 13.6. The normalized spacial score (nSPS) is 15.9. The van der Waals surface area contributed by atoms with Gasteiger partial charge in [0.15, 0.2) is 11.6 Å². The van der Waals surface area contributed by atoms with Gasteiger partial charge in [-0.1, -0.05) is 18.9 Å². The van der Waals surface area contributed by atoms with E-state index < -0.39 is 11.6 Å². The lowest BCUT2D eigenvalue weighted by Crippen LogP contribution is -2.08. The molecule has 0 aliphatic heterocycles. The molecule has 5 heteroatoms. The van der Waals surface area contributed by atoms with Crippen LogP contribution in [0.4, 0.5) is 20.4 Å². The number of rotatable bonds is 3. The SMILES string of the molecule is Fc1cccc(Nc2nccn2C2CCCC2)c1F. The number of benzene rings is 1. The summed E-state index contributed by atoms with van der Waals surface area (Å²) in [6.07, 6.45) is 8.19. The van der Waals surface area contributed by atoms with Crippen LogP contribution >= 0.6 is 0 Å². The molecule has 0 unspecified atom stereocenters. The molecule has 1 aliphatic rings. The topological polar surface area (TPSA) is 29.9 Å². The monoisotopic (exact) mass is 263 g/mol. The van der Waals surface area contributed by atoms with Crippen molar-refractivity contribution in [3.05, 3.63) is 42.2 Å². The summed E-state index contributed by atoms with van der Waals surface area (Å²) in [5.74, 6) is -1.16. The Morgan fingerprint density at radius 3 is 2.79 bits per heavy atom. The van der Waals surface area contributed by atoms with E-state index in [-0.39, 0.29) is 5.69 Å². The molecule has 1 N–H and O–H groups in total. The van der Waals surface area contributed by atoms with Gasteiger partial charge in [0.1, 0.15) is 0 Å². The lowest BCUT2D eigenvalue weighted by atomic mass is 10.2. The molecule has 1 aromatic heterocycles. The summed E-state index contributed by atoms with van der Waals surface area (Å²) in [5, 5.41) is 2.88. The highest BCUT2D eigenvalue weighted by Gasteiger charge is 2.20. The predicted octanol–water partition coefficient (Wildman–Crippen LogP) is 4.02. The molecule has 0 radical (unpaired) electrons. The van der Waals surface area contributed by atoms with Gasteiger partial charge in [-0.2, -0.15) is 0 Å². The summed E-state index contributed by atoms with van der Waals surface area (Å²) < 4.78 is 28.8. The summed E-state index contributed by atoms with van der Waals surface area (Å²) in [6, 6.07) is 4.49. The number of hydrogen-bond donors (Lipinski definition) is 1. The van der Waals surface area contributed by atoms with Crippen LogP contribution in [0.25, 0.3) is 0 Å². The van der Waals surface area contributed by atoms with E-state index in [1.54, 1.807) is 6.20 Å². The van der Waals surface area contributed by atoms with Crippen molar-refractivity contribution in [1.29, 1.82) is 0 Å². The quantitative estimate of drug-likeness (QED) is 0.906. The van der Waals surface area contributed by atoms with Crippen molar-refractivity contribution >= 4 is 11.6 Å². The third-order valence-electron chi connectivity index (χ3n) is 3.58. The molecule has 1 aliphatic carbocycles. The zero-order valence-corrected chi connectivity index (χ0v) is 10.4. The zero-order valence-electron chi connectivity index (χ0n) is 10.4. The van der Waals surface area contributed by atoms with Crippen molar-refractivity contribution in [3.8, 4) is 0 Å². The van der Waals surface area contributed by atoms with E-state index in [4.69, 9.17) is 0 Å². The maximum Gasteiger partial charge on any atom is 0.207 e. The Hall–Kier alpha value is -1.91. The van der Waals surface area contributed by atoms with Crippen molar-refractivity contribution in [3.63, 3.8) is 0 Å². The van der Waals surface area contributed by atoms with Gasteiger partial charge in [0, 0.05) is 18.4 Å². The van der Waals surface area contributed by atoms with E-state index in [0.717, 1.165) is 18.9 Å². The van der Waals surface area contributed by atoms with Crippen LogP contribution in [0, 0.1) is 11.6 Å². The highest BCUT2D eigenvalue weighted by Crippen LogP contribution is 2.32. The fourth-order valence-corrected chi connectivity index (χ4v) is 2.61. The van der Waals surface area contributed by atoms with E-state index in [2.05, 4.69) is 10.3 Å². The van der Waals surface area contributed by atoms with Crippen molar-refractivity contribution in [2.75, 3.05) is 5.32 Å². The van der Waals surface area contributed by atoms with E-state index in [1.165, 1.54) is 25.0 Å². The standard InChI is InChI=1S/C14H15F2N3/c15-11-6-3-7-12(13(11)16)18-14-17-8-9-19(14)10-4-1-2-5-10/h3,6-10H,1-2,4-5H2,(H,17,18). The number of halogens is 2. The van der Waals surface area contributed by atoms with Gasteiger partial charge >= 0.3 is 0 Å². The molecule has 3 rings (SSSR count). The first-order chi connectivity index (χ1) is 9.25. The fraction of sp³-hybridized carbons (Fsp3) is 0.357. The van der Waals surface area contributed by atoms with Crippen LogP contribution < -0.4 is 5.32 Å². The van der Waals surface area contributed by atoms with E-state index in [1.807, 2.05) is 10.8 Å². The first kappa shape index (κ1) is 12.1. The first-order valence-electron chi connectivity index (χ1n) is 6.49. The highest BCUT2D eigenvalue weighted by molar-refractivity contribution is 5.54. The lowest BCUT2D eigenvalue weighted by Gasteiger charge is -2.16. The molecule has 0 saturated heterocycles. The lowest BCUT2D eigenvalue weighted by molar-refractivity contribution is 0.509. The minimum absolute atomic E-state index is 0.116. The van der Waals surface area contributed by atoms with Gasteiger partial charge < -0.3 is 9.88 Å². The molecule has 1 heterocycles. The summed E-state index contributed by atoms with van der Waals surface area (Å²) in [6.45, 7) is 0. The van der Waals surface area contributed by atoms with Gasteiger partial charge in [0.05, 0.1) is 5.69 Å². The number of hydrogen-bond acceptors (Lipinski definition) is 2. The van der Waals surface area contributed by atoms with Crippen molar-refractivity contribution in [1.82, 2.24) is 9.55 Å². The molecule has 0 spiro atoms. The molecule has 0 atom stereocenters. The molecule has 1 saturated carbocycles. The predicted molar refractivity (Wildman–Crippen MR) is 69.4 cm³/mol. The second kappa shape index (κ2) is 4.99. The summed E-state index contributed by atoms with van der Waals surface area (Å²) in [4.78, 5) is 4.19. The average Bonchev–Trinajstić information content (AvgIpc) is 3.05. The molecular formula is C14H15F2N3. The summed E-state index contributed by atoms with van der Waals surface area (Å²) in [5.41, 5.74) is 0.116. The third kappa shape index (κ3) is 2.32. The minimum Gasteiger partial charge on any atom is -0.323 e. The highest BCUT2D eigenvalue weighted by atomic mass is 19.2. The molecule has 0 amide bonds. The first-order valence-corrected chi connectivity index (χ1v) is 6.49. The summed E-state index contributed by atoms with van der Waals surface area (Å²) in [7, 11) is 0. The van der Waals surface area contributed by atoms with Gasteiger partial charge in [-0.05, 0) is 25.0 Å². The molecule has 100 valence electrons. The van der Waals surface area contributed by atoms with Crippen molar-refractivity contribution in [2.45, 2.75) is 31.7 Å². The minimum atomic E-state index is -0.872. The third-order valence-corrected chi connectivity index (χ3v) is 3.58. The van der Waals surface area contributed by atoms with Gasteiger partial charge in [0.25, 0.3) is 0 Å². The maximum atomic E-state index is 13.6. The molecular weight excluding hydrogens is 248 g/mol. The second-order valence-corrected chi connectivity index (χ2v) is 4.82. The van der Waals surface area contributed by atoms with Crippen LogP contribution in [0.15, 0.2) is 30.6 Å². The van der Waals surface area contributed by atoms with Crippen molar-refractivity contribution < 1.29 is 8.78 Å². The average molecular weight is 263 g/mol. The Morgan fingerprint density at radius 1 is 1.21 bits per heavy atom. The number of aromatic nitrogens is 2. The van der Waals surface area contributed by atoms with E-state index in [9.17, 15) is 8.78 Å². The van der Waals surface area contributed by atoms with Crippen molar-refractivity contribution in [2.24, 2.45) is 0 Å². The largest absolute Gasteiger partial charge is 0.323 e. The molecule has 1 fully saturated rings. The fourth-order valence-electron chi connectivity index (χ4n) is 2.61. The van der Waals surface area contributed by atoms with Gasteiger partial charge in [-0.3, -0.25) is 0 Å². The smallest absolute Gasteiger partial charge is 0.207 e. The Balaban J connectivity index is 1.87. The Bertz CT molecular complexity index is 574. The van der Waals surface area contributed by atoms with Crippen LogP contribution in [-0.2, 0) is 0 Å². The van der Waals surface area contributed by atoms with Crippen LogP contribution in [-0.4, -0.2) is 9.55 Å². The number of nitrogens with zero attached hydrogens (tertiary/aromatic N) is 2. The summed E-state index contributed by atoms with van der Waals surface area (Å²) >= 11 is 0. The van der Waals surface area contributed by atoms with Crippen LogP contribution in [0.1, 0.15) is 31.7 Å². The number of nitrogens with one attached hydrogen (secondary N) is 1. The molecule has 3 nitrogen and oxygen atoms in total. The van der Waals surface area contributed by atoms with Crippen LogP contribution in [0.3, 0.4) is 0 Å². The van der Waals surface area contributed by atoms with Gasteiger partial charge in [-0.15, -0.1) is 0 Å². The number of imidazole rings is 1. The van der Waals surface area contributed by atoms with Crippen LogP contribution in [0.5, 0.6) is 0 Å². The molecule has 1 aromatic carbocycles. The second-order valence-electron chi connectivity index (χ2n) is 4.82. The Morgan fingerprint density at radius 2 is 2.00 bits per heavy atom. The molecule has 19 heavy (non-hydrogen) atoms. The van der Waals surface area contributed by atoms with E-state index >= 15 is 0 Å². The molecule has 2 aromatic rings. The Kier molecular flexibility index (Phi) is 3.19. The molecule has 0 bridgehead atoms.